The quantitative estimate of drug-likeness (QED) is 0.671. The molecule has 1 aromatic heterocycles. The molecule has 0 radical (unpaired) electrons. The Labute approximate surface area is 104 Å². The first-order chi connectivity index (χ1) is 8.10. The summed E-state index contributed by atoms with van der Waals surface area (Å²) in [6.45, 7) is 4.13. The topological polar surface area (TPSA) is 55.0 Å². The summed E-state index contributed by atoms with van der Waals surface area (Å²) in [6, 6.07) is 4.11. The lowest BCUT2D eigenvalue weighted by Gasteiger charge is -1.97. The van der Waals surface area contributed by atoms with Gasteiger partial charge < -0.3 is 9.72 Å². The van der Waals surface area contributed by atoms with Crippen molar-refractivity contribution in [1.82, 2.24) is 9.97 Å². The fourth-order valence-corrected chi connectivity index (χ4v) is 2.22. The molecule has 0 spiro atoms. The molecule has 0 unspecified atom stereocenters. The van der Waals surface area contributed by atoms with E-state index >= 15 is 0 Å². The van der Waals surface area contributed by atoms with Crippen molar-refractivity contribution in [3.8, 4) is 0 Å². The number of aromatic nitrogens is 2. The lowest BCUT2D eigenvalue weighted by Crippen LogP contribution is -2.02. The summed E-state index contributed by atoms with van der Waals surface area (Å²) in [4.78, 5) is 18.6. The van der Waals surface area contributed by atoms with Crippen LogP contribution in [0.2, 0.25) is 0 Å². The predicted octanol–water partition coefficient (Wildman–Crippen LogP) is 2.44. The minimum atomic E-state index is -0.247. The molecular formula is C12H14N2O2S. The number of carbonyl (C=O) groups excluding carboxylic acids is 1. The Hall–Kier alpha value is -1.49. The highest BCUT2D eigenvalue weighted by molar-refractivity contribution is 7.99. The molecule has 0 aliphatic rings. The summed E-state index contributed by atoms with van der Waals surface area (Å²) in [5.74, 6) is 0.0247. The molecule has 0 saturated carbocycles. The van der Waals surface area contributed by atoms with Gasteiger partial charge in [-0.05, 0) is 37.1 Å². The molecule has 90 valence electrons. The van der Waals surface area contributed by atoms with Crippen molar-refractivity contribution in [2.45, 2.75) is 19.0 Å². The zero-order valence-corrected chi connectivity index (χ0v) is 10.9. The Morgan fingerprint density at radius 3 is 2.82 bits per heavy atom. The molecule has 0 saturated heterocycles. The van der Waals surface area contributed by atoms with Crippen LogP contribution in [0.5, 0.6) is 0 Å². The summed E-state index contributed by atoms with van der Waals surface area (Å²) >= 11 is 1.35. The SMILES string of the molecule is COC(=O)CSc1nc2cc(C)c(C)cc2[nH]1. The number of carbonyl (C=O) groups is 1. The van der Waals surface area contributed by atoms with Crippen LogP contribution in [-0.4, -0.2) is 28.8 Å². The standard InChI is InChI=1S/C12H14N2O2S/c1-7-4-9-10(5-8(7)2)14-12(13-9)17-6-11(15)16-3/h4-5H,6H2,1-3H3,(H,13,14). The number of thioether (sulfide) groups is 1. The Balaban J connectivity index is 2.23. The third kappa shape index (κ3) is 2.61. The number of nitrogens with zero attached hydrogens (tertiary/aromatic N) is 1. The van der Waals surface area contributed by atoms with E-state index in [0.717, 1.165) is 16.2 Å². The van der Waals surface area contributed by atoms with Crippen LogP contribution in [0.1, 0.15) is 11.1 Å². The number of imidazole rings is 1. The van der Waals surface area contributed by atoms with Crippen LogP contribution in [0.4, 0.5) is 0 Å². The number of hydrogen-bond acceptors (Lipinski definition) is 4. The van der Waals surface area contributed by atoms with Crippen molar-refractivity contribution in [1.29, 1.82) is 0 Å². The number of H-pyrrole nitrogens is 1. The highest BCUT2D eigenvalue weighted by Crippen LogP contribution is 2.22. The van der Waals surface area contributed by atoms with E-state index in [4.69, 9.17) is 0 Å². The van der Waals surface area contributed by atoms with Crippen LogP contribution in [0, 0.1) is 13.8 Å². The van der Waals surface area contributed by atoms with Crippen molar-refractivity contribution >= 4 is 28.8 Å². The maximum atomic E-state index is 11.0. The van der Waals surface area contributed by atoms with Crippen LogP contribution in [0.3, 0.4) is 0 Å². The fraction of sp³-hybridized carbons (Fsp3) is 0.333. The minimum Gasteiger partial charge on any atom is -0.468 e. The van der Waals surface area contributed by atoms with Gasteiger partial charge in [-0.25, -0.2) is 4.98 Å². The molecule has 0 atom stereocenters. The van der Waals surface area contributed by atoms with E-state index in [1.165, 1.54) is 30.0 Å². The maximum Gasteiger partial charge on any atom is 0.316 e. The molecule has 0 aliphatic carbocycles. The number of hydrogen-bond donors (Lipinski definition) is 1. The van der Waals surface area contributed by atoms with Gasteiger partial charge in [-0.1, -0.05) is 11.8 Å². The van der Waals surface area contributed by atoms with Crippen molar-refractivity contribution in [3.05, 3.63) is 23.3 Å². The largest absolute Gasteiger partial charge is 0.468 e. The number of nitrogens with one attached hydrogen (secondary N) is 1. The molecule has 0 aliphatic heterocycles. The molecule has 1 N–H and O–H groups in total. The number of esters is 1. The summed E-state index contributed by atoms with van der Waals surface area (Å²) in [6.07, 6.45) is 0. The van der Waals surface area contributed by atoms with Gasteiger partial charge in [0, 0.05) is 0 Å². The number of aryl methyl sites for hydroxylation is 2. The van der Waals surface area contributed by atoms with Gasteiger partial charge in [0.1, 0.15) is 0 Å². The first kappa shape index (κ1) is 12.0. The van der Waals surface area contributed by atoms with Gasteiger partial charge in [-0.2, -0.15) is 0 Å². The molecule has 0 amide bonds. The second-order valence-corrected chi connectivity index (χ2v) is 4.82. The van der Waals surface area contributed by atoms with E-state index in [1.54, 1.807) is 0 Å². The van der Waals surface area contributed by atoms with Gasteiger partial charge in [0.05, 0.1) is 23.9 Å². The van der Waals surface area contributed by atoms with E-state index in [0.29, 0.717) is 0 Å². The number of aromatic amines is 1. The fourth-order valence-electron chi connectivity index (χ4n) is 1.50. The average molecular weight is 250 g/mol. The number of methoxy groups -OCH3 is 1. The van der Waals surface area contributed by atoms with Crippen LogP contribution < -0.4 is 0 Å². The predicted molar refractivity (Wildman–Crippen MR) is 68.3 cm³/mol. The second-order valence-electron chi connectivity index (χ2n) is 3.86. The molecule has 2 rings (SSSR count). The van der Waals surface area contributed by atoms with E-state index < -0.39 is 0 Å². The van der Waals surface area contributed by atoms with Gasteiger partial charge in [-0.15, -0.1) is 0 Å². The maximum absolute atomic E-state index is 11.0. The van der Waals surface area contributed by atoms with Gasteiger partial charge in [0.25, 0.3) is 0 Å². The van der Waals surface area contributed by atoms with Crippen LogP contribution >= 0.6 is 11.8 Å². The molecular weight excluding hydrogens is 236 g/mol. The highest BCUT2D eigenvalue weighted by atomic mass is 32.2. The number of rotatable bonds is 3. The Morgan fingerprint density at radius 1 is 1.41 bits per heavy atom. The average Bonchev–Trinajstić information content (AvgIpc) is 2.68. The lowest BCUT2D eigenvalue weighted by molar-refractivity contribution is -0.137. The monoisotopic (exact) mass is 250 g/mol. The molecule has 0 fully saturated rings. The summed E-state index contributed by atoms with van der Waals surface area (Å²) in [7, 11) is 1.38. The van der Waals surface area contributed by atoms with Gasteiger partial charge in [-0.3, -0.25) is 4.79 Å². The summed E-state index contributed by atoms with van der Waals surface area (Å²) in [5, 5.41) is 0.746. The normalized spacial score (nSPS) is 10.8. The van der Waals surface area contributed by atoms with Gasteiger partial charge in [0.15, 0.2) is 5.16 Å². The number of benzene rings is 1. The molecule has 17 heavy (non-hydrogen) atoms. The van der Waals surface area contributed by atoms with Crippen molar-refractivity contribution in [3.63, 3.8) is 0 Å². The van der Waals surface area contributed by atoms with E-state index in [9.17, 15) is 4.79 Å². The molecule has 2 aromatic rings. The Bertz CT molecular complexity index is 524. The van der Waals surface area contributed by atoms with E-state index in [2.05, 4.69) is 34.6 Å². The lowest BCUT2D eigenvalue weighted by atomic mass is 10.1. The van der Waals surface area contributed by atoms with Crippen LogP contribution in [-0.2, 0) is 9.53 Å². The molecule has 1 aromatic carbocycles. The third-order valence-electron chi connectivity index (χ3n) is 2.63. The van der Waals surface area contributed by atoms with Gasteiger partial charge >= 0.3 is 5.97 Å². The van der Waals surface area contributed by atoms with Gasteiger partial charge in [0.2, 0.25) is 0 Å². The van der Waals surface area contributed by atoms with Crippen LogP contribution in [0.25, 0.3) is 11.0 Å². The van der Waals surface area contributed by atoms with Crippen molar-refractivity contribution in [2.24, 2.45) is 0 Å². The van der Waals surface area contributed by atoms with E-state index in [-0.39, 0.29) is 11.7 Å². The summed E-state index contributed by atoms with van der Waals surface area (Å²) < 4.78 is 4.58. The second kappa shape index (κ2) is 4.79. The molecule has 4 nitrogen and oxygen atoms in total. The van der Waals surface area contributed by atoms with Crippen molar-refractivity contribution in [2.75, 3.05) is 12.9 Å². The third-order valence-corrected chi connectivity index (χ3v) is 3.48. The highest BCUT2D eigenvalue weighted by Gasteiger charge is 2.07. The first-order valence-electron chi connectivity index (χ1n) is 5.26. The zero-order chi connectivity index (χ0) is 12.4. The Morgan fingerprint density at radius 2 is 2.12 bits per heavy atom. The summed E-state index contributed by atoms with van der Waals surface area (Å²) in [5.41, 5.74) is 4.38. The first-order valence-corrected chi connectivity index (χ1v) is 6.25. The number of fused-ring (bicyclic) bond motifs is 1. The molecule has 5 heteroatoms. The Kier molecular flexibility index (Phi) is 3.38. The van der Waals surface area contributed by atoms with Crippen LogP contribution in [0.15, 0.2) is 17.3 Å². The minimum absolute atomic E-state index is 0.247. The molecule has 0 bridgehead atoms. The van der Waals surface area contributed by atoms with Crippen molar-refractivity contribution < 1.29 is 9.53 Å². The van der Waals surface area contributed by atoms with E-state index in [1.807, 2.05) is 6.07 Å². The zero-order valence-electron chi connectivity index (χ0n) is 10.0. The molecule has 1 heterocycles. The smallest absolute Gasteiger partial charge is 0.316 e. The number of ether oxygens (including phenoxy) is 1.